The van der Waals surface area contributed by atoms with E-state index in [1.165, 1.54) is 19.3 Å². The summed E-state index contributed by atoms with van der Waals surface area (Å²) in [5.41, 5.74) is 0. The number of hydrogen-bond acceptors (Lipinski definition) is 3. The Morgan fingerprint density at radius 2 is 2.06 bits per heavy atom. The van der Waals surface area contributed by atoms with Crippen LogP contribution in [0.5, 0.6) is 0 Å². The van der Waals surface area contributed by atoms with Crippen LogP contribution in [-0.2, 0) is 9.53 Å². The molecule has 0 aromatic heterocycles. The Hall–Kier alpha value is -0.610. The molecule has 16 heavy (non-hydrogen) atoms. The van der Waals surface area contributed by atoms with Gasteiger partial charge in [0.1, 0.15) is 6.04 Å². The summed E-state index contributed by atoms with van der Waals surface area (Å²) in [6.45, 7) is 0.264. The average Bonchev–Trinajstić information content (AvgIpc) is 2.67. The topological polar surface area (TPSA) is 58.6 Å². The highest BCUT2D eigenvalue weighted by Crippen LogP contribution is 2.65. The van der Waals surface area contributed by atoms with E-state index in [2.05, 4.69) is 5.32 Å². The zero-order chi connectivity index (χ0) is 11.3. The smallest absolute Gasteiger partial charge is 0.323 e. The summed E-state index contributed by atoms with van der Waals surface area (Å²) in [5.74, 6) is 2.52. The summed E-state index contributed by atoms with van der Waals surface area (Å²) in [6, 6.07) is -0.0671. The predicted molar refractivity (Wildman–Crippen MR) is 58.0 cm³/mol. The summed E-state index contributed by atoms with van der Waals surface area (Å²) >= 11 is 0. The van der Waals surface area contributed by atoms with Gasteiger partial charge in [0.2, 0.25) is 0 Å². The van der Waals surface area contributed by atoms with E-state index >= 15 is 0 Å². The third-order valence-electron chi connectivity index (χ3n) is 4.76. The van der Waals surface area contributed by atoms with Crippen LogP contribution in [0.4, 0.5) is 0 Å². The maximum Gasteiger partial charge on any atom is 0.323 e. The first kappa shape index (κ1) is 10.5. The Balaban J connectivity index is 1.58. The number of carbonyl (C=O) groups is 1. The van der Waals surface area contributed by atoms with Gasteiger partial charge in [0.15, 0.2) is 0 Å². The molecule has 0 heterocycles. The fourth-order valence-electron chi connectivity index (χ4n) is 4.14. The molecular formula is C12H19NO3. The van der Waals surface area contributed by atoms with E-state index in [-0.39, 0.29) is 6.61 Å². The van der Waals surface area contributed by atoms with Crippen LogP contribution in [0.3, 0.4) is 0 Å². The van der Waals surface area contributed by atoms with Gasteiger partial charge in [0, 0.05) is 13.2 Å². The van der Waals surface area contributed by atoms with Crippen LogP contribution in [0, 0.1) is 23.7 Å². The van der Waals surface area contributed by atoms with E-state index in [0.29, 0.717) is 6.04 Å². The average molecular weight is 225 g/mol. The van der Waals surface area contributed by atoms with Gasteiger partial charge in [-0.1, -0.05) is 0 Å². The molecular weight excluding hydrogens is 206 g/mol. The molecule has 5 atom stereocenters. The summed E-state index contributed by atoms with van der Waals surface area (Å²) < 4.78 is 4.94. The third-order valence-corrected chi connectivity index (χ3v) is 4.76. The molecule has 0 radical (unpaired) electrons. The first-order chi connectivity index (χ1) is 7.72. The number of ether oxygens (including phenoxy) is 1. The molecule has 3 saturated carbocycles. The molecule has 3 aliphatic carbocycles. The minimum Gasteiger partial charge on any atom is -0.480 e. The van der Waals surface area contributed by atoms with Crippen molar-refractivity contribution in [1.82, 2.24) is 5.32 Å². The monoisotopic (exact) mass is 225 g/mol. The van der Waals surface area contributed by atoms with Crippen LogP contribution in [0.15, 0.2) is 0 Å². The normalized spacial score (nSPS) is 45.4. The Labute approximate surface area is 95.4 Å². The van der Waals surface area contributed by atoms with Crippen LogP contribution >= 0.6 is 0 Å². The van der Waals surface area contributed by atoms with Crippen LogP contribution in [0.2, 0.25) is 0 Å². The lowest BCUT2D eigenvalue weighted by molar-refractivity contribution is -0.141. The van der Waals surface area contributed by atoms with Crippen molar-refractivity contribution < 1.29 is 14.6 Å². The predicted octanol–water partition coefficient (Wildman–Crippen LogP) is 0.720. The fraction of sp³-hybridized carbons (Fsp3) is 0.917. The maximum atomic E-state index is 11.0. The van der Waals surface area contributed by atoms with Crippen molar-refractivity contribution >= 4 is 5.97 Å². The molecule has 0 aliphatic heterocycles. The quantitative estimate of drug-likeness (QED) is 0.724. The molecule has 4 nitrogen and oxygen atoms in total. The second-order valence-electron chi connectivity index (χ2n) is 5.53. The van der Waals surface area contributed by atoms with Crippen molar-refractivity contribution in [1.29, 1.82) is 0 Å². The zero-order valence-corrected chi connectivity index (χ0v) is 9.56. The van der Waals surface area contributed by atoms with Gasteiger partial charge in [-0.15, -0.1) is 0 Å². The molecule has 3 fully saturated rings. The van der Waals surface area contributed by atoms with E-state index in [1.54, 1.807) is 7.11 Å². The molecule has 3 aliphatic rings. The van der Waals surface area contributed by atoms with Crippen molar-refractivity contribution in [2.45, 2.75) is 31.3 Å². The van der Waals surface area contributed by atoms with Crippen LogP contribution in [0.25, 0.3) is 0 Å². The number of rotatable bonds is 5. The molecule has 0 amide bonds. The Morgan fingerprint density at radius 1 is 1.44 bits per heavy atom. The first-order valence-corrected chi connectivity index (χ1v) is 6.20. The van der Waals surface area contributed by atoms with Gasteiger partial charge in [0.25, 0.3) is 0 Å². The number of nitrogens with one attached hydrogen (secondary N) is 1. The third kappa shape index (κ3) is 1.47. The summed E-state index contributed by atoms with van der Waals surface area (Å²) in [6.07, 6.45) is 4.13. The van der Waals surface area contributed by atoms with Gasteiger partial charge in [-0.2, -0.15) is 0 Å². The SMILES string of the molecule is COCC(NC1C2C3CCC(C3)C12)C(=O)O. The minimum atomic E-state index is -0.792. The van der Waals surface area contributed by atoms with E-state index in [1.807, 2.05) is 0 Å². The molecule has 0 spiro atoms. The lowest BCUT2D eigenvalue weighted by Crippen LogP contribution is -2.43. The number of aliphatic carboxylic acids is 1. The summed E-state index contributed by atoms with van der Waals surface area (Å²) in [4.78, 5) is 11.0. The molecule has 0 saturated heterocycles. The number of carboxylic acid groups (broad SMARTS) is 1. The van der Waals surface area contributed by atoms with Crippen LogP contribution in [-0.4, -0.2) is 36.9 Å². The Morgan fingerprint density at radius 3 is 2.56 bits per heavy atom. The molecule has 4 heteroatoms. The molecule has 5 unspecified atom stereocenters. The number of carboxylic acids is 1. The first-order valence-electron chi connectivity index (χ1n) is 6.20. The van der Waals surface area contributed by atoms with Crippen molar-refractivity contribution in [3.63, 3.8) is 0 Å². The van der Waals surface area contributed by atoms with Crippen molar-refractivity contribution in [3.05, 3.63) is 0 Å². The fourth-order valence-corrected chi connectivity index (χ4v) is 4.14. The van der Waals surface area contributed by atoms with E-state index < -0.39 is 12.0 Å². The summed E-state index contributed by atoms with van der Waals surface area (Å²) in [5, 5.41) is 12.3. The number of hydrogen-bond donors (Lipinski definition) is 2. The van der Waals surface area contributed by atoms with E-state index in [9.17, 15) is 4.79 Å². The molecule has 90 valence electrons. The van der Waals surface area contributed by atoms with Gasteiger partial charge >= 0.3 is 5.97 Å². The van der Waals surface area contributed by atoms with E-state index in [4.69, 9.17) is 9.84 Å². The molecule has 0 aromatic rings. The van der Waals surface area contributed by atoms with Gasteiger partial charge in [-0.3, -0.25) is 10.1 Å². The highest BCUT2D eigenvalue weighted by Gasteiger charge is 2.65. The molecule has 2 bridgehead atoms. The van der Waals surface area contributed by atoms with E-state index in [0.717, 1.165) is 23.7 Å². The van der Waals surface area contributed by atoms with Crippen molar-refractivity contribution in [3.8, 4) is 0 Å². The molecule has 0 aromatic carbocycles. The highest BCUT2D eigenvalue weighted by atomic mass is 16.5. The standard InChI is InChI=1S/C12H19NO3/c1-16-5-8(12(14)15)13-11-9-6-2-3-7(4-6)10(9)11/h6-11,13H,2-5H2,1H3,(H,14,15). The zero-order valence-electron chi connectivity index (χ0n) is 9.56. The van der Waals surface area contributed by atoms with Gasteiger partial charge < -0.3 is 9.84 Å². The van der Waals surface area contributed by atoms with Crippen molar-refractivity contribution in [2.24, 2.45) is 23.7 Å². The highest BCUT2D eigenvalue weighted by molar-refractivity contribution is 5.73. The molecule has 2 N–H and O–H groups in total. The van der Waals surface area contributed by atoms with Crippen molar-refractivity contribution in [2.75, 3.05) is 13.7 Å². The number of methoxy groups -OCH3 is 1. The Bertz CT molecular complexity index is 291. The Kier molecular flexibility index (Phi) is 2.44. The van der Waals surface area contributed by atoms with Crippen LogP contribution < -0.4 is 5.32 Å². The second-order valence-corrected chi connectivity index (χ2v) is 5.53. The van der Waals surface area contributed by atoms with Crippen LogP contribution in [0.1, 0.15) is 19.3 Å². The van der Waals surface area contributed by atoms with Gasteiger partial charge in [-0.05, 0) is 42.9 Å². The molecule has 3 rings (SSSR count). The lowest BCUT2D eigenvalue weighted by atomic mass is 10.0. The minimum absolute atomic E-state index is 0.264. The van der Waals surface area contributed by atoms with Gasteiger partial charge in [-0.25, -0.2) is 0 Å². The number of fused-ring (bicyclic) bond motifs is 5. The second kappa shape index (κ2) is 3.70. The lowest BCUT2D eigenvalue weighted by Gasteiger charge is -2.16. The van der Waals surface area contributed by atoms with Gasteiger partial charge in [0.05, 0.1) is 6.61 Å². The summed E-state index contributed by atoms with van der Waals surface area (Å²) in [7, 11) is 1.55. The largest absolute Gasteiger partial charge is 0.480 e. The maximum absolute atomic E-state index is 11.0.